The second-order valence-corrected chi connectivity index (χ2v) is 6.18. The number of hydrogen-bond donors (Lipinski definition) is 1. The first-order valence-corrected chi connectivity index (χ1v) is 7.68. The lowest BCUT2D eigenvalue weighted by Gasteiger charge is -2.11. The van der Waals surface area contributed by atoms with Crippen LogP contribution in [0, 0.1) is 21.8 Å². The third kappa shape index (κ3) is 4.22. The molecule has 21 heavy (non-hydrogen) atoms. The predicted molar refractivity (Wildman–Crippen MR) is 72.5 cm³/mol. The quantitative estimate of drug-likeness (QED) is 0.637. The molecule has 1 aromatic carbocycles. The molecule has 0 aliphatic rings. The Kier molecular flexibility index (Phi) is 5.36. The third-order valence-electron chi connectivity index (χ3n) is 2.81. The van der Waals surface area contributed by atoms with Crippen molar-refractivity contribution < 1.29 is 22.5 Å². The summed E-state index contributed by atoms with van der Waals surface area (Å²) in [6.45, 7) is 3.39. The van der Waals surface area contributed by atoms with Crippen molar-refractivity contribution in [3.63, 3.8) is 0 Å². The van der Waals surface area contributed by atoms with Crippen LogP contribution < -0.4 is 4.72 Å². The number of rotatable bonds is 6. The summed E-state index contributed by atoms with van der Waals surface area (Å²) in [4.78, 5) is 20.8. The number of hydrogen-bond acceptors (Lipinski definition) is 5. The number of amides is 1. The highest BCUT2D eigenvalue weighted by atomic mass is 32.2. The fourth-order valence-electron chi connectivity index (χ4n) is 1.71. The van der Waals surface area contributed by atoms with Crippen molar-refractivity contribution in [2.45, 2.75) is 31.6 Å². The molecular formula is C12H15FN2O5S. The Bertz CT molecular complexity index is 660. The third-order valence-corrected chi connectivity index (χ3v) is 4.21. The average Bonchev–Trinajstić information content (AvgIpc) is 2.37. The maximum atomic E-state index is 13.0. The molecular weight excluding hydrogens is 303 g/mol. The summed E-state index contributed by atoms with van der Waals surface area (Å²) in [6, 6.07) is 2.03. The van der Waals surface area contributed by atoms with Gasteiger partial charge in [-0.3, -0.25) is 14.9 Å². The van der Waals surface area contributed by atoms with E-state index in [1.165, 1.54) is 0 Å². The molecule has 0 fully saturated rings. The number of halogens is 1. The van der Waals surface area contributed by atoms with Crippen molar-refractivity contribution in [2.75, 3.05) is 0 Å². The topological polar surface area (TPSA) is 106 Å². The summed E-state index contributed by atoms with van der Waals surface area (Å²) < 4.78 is 38.8. The maximum Gasteiger partial charge on any atom is 0.292 e. The molecule has 0 aliphatic heterocycles. The van der Waals surface area contributed by atoms with Crippen LogP contribution >= 0.6 is 0 Å². The number of carbonyl (C=O) groups excluding carboxylic acids is 1. The summed E-state index contributed by atoms with van der Waals surface area (Å²) in [5.74, 6) is -2.24. The minimum absolute atomic E-state index is 0.479. The molecule has 0 saturated carbocycles. The molecule has 0 heterocycles. The molecule has 1 rings (SSSR count). The Morgan fingerprint density at radius 2 is 2.10 bits per heavy atom. The van der Waals surface area contributed by atoms with Gasteiger partial charge >= 0.3 is 0 Å². The van der Waals surface area contributed by atoms with Crippen LogP contribution in [-0.4, -0.2) is 19.2 Å². The van der Waals surface area contributed by atoms with Gasteiger partial charge in [-0.25, -0.2) is 17.5 Å². The van der Waals surface area contributed by atoms with Gasteiger partial charge in [0, 0.05) is 5.92 Å². The van der Waals surface area contributed by atoms with E-state index in [-0.39, 0.29) is 0 Å². The average molecular weight is 318 g/mol. The molecule has 0 aliphatic carbocycles. The highest BCUT2D eigenvalue weighted by Gasteiger charge is 2.29. The summed E-state index contributed by atoms with van der Waals surface area (Å²) in [7, 11) is -4.42. The van der Waals surface area contributed by atoms with Crippen molar-refractivity contribution in [3.8, 4) is 0 Å². The molecule has 0 aromatic heterocycles. The summed E-state index contributed by atoms with van der Waals surface area (Å²) in [5.41, 5.74) is -0.918. The molecule has 1 aromatic rings. The Morgan fingerprint density at radius 1 is 1.48 bits per heavy atom. The number of nitrogens with one attached hydrogen (secondary N) is 1. The lowest BCUT2D eigenvalue weighted by Crippen LogP contribution is -2.35. The molecule has 0 spiro atoms. The van der Waals surface area contributed by atoms with E-state index in [2.05, 4.69) is 0 Å². The molecule has 1 unspecified atom stereocenters. The van der Waals surface area contributed by atoms with Crippen molar-refractivity contribution in [1.82, 2.24) is 4.72 Å². The molecule has 0 saturated heterocycles. The second-order valence-electron chi connectivity index (χ2n) is 4.53. The van der Waals surface area contributed by atoms with Gasteiger partial charge in [-0.1, -0.05) is 20.3 Å². The first-order valence-electron chi connectivity index (χ1n) is 6.19. The van der Waals surface area contributed by atoms with Crippen LogP contribution in [0.3, 0.4) is 0 Å². The minimum atomic E-state index is -4.42. The Labute approximate surface area is 121 Å². The van der Waals surface area contributed by atoms with Crippen LogP contribution in [0.25, 0.3) is 0 Å². The summed E-state index contributed by atoms with van der Waals surface area (Å²) >= 11 is 0. The molecule has 1 N–H and O–H groups in total. The number of nitro groups is 1. The van der Waals surface area contributed by atoms with E-state index in [1.807, 2.05) is 6.92 Å². The zero-order valence-electron chi connectivity index (χ0n) is 11.5. The highest BCUT2D eigenvalue weighted by molar-refractivity contribution is 7.90. The standard InChI is InChI=1S/C12H15FN2O5S/c1-3-4-8(2)12(16)14-21(19,20)11-6-5-9(13)7-10(11)15(17)18/h5-8H,3-4H2,1-2H3,(H,14,16). The van der Waals surface area contributed by atoms with Crippen LogP contribution in [0.2, 0.25) is 0 Å². The van der Waals surface area contributed by atoms with Gasteiger partial charge < -0.3 is 0 Å². The predicted octanol–water partition coefficient (Wildman–Crippen LogP) is 1.98. The molecule has 7 nitrogen and oxygen atoms in total. The van der Waals surface area contributed by atoms with E-state index in [1.54, 1.807) is 11.6 Å². The largest absolute Gasteiger partial charge is 0.292 e. The van der Waals surface area contributed by atoms with Crippen molar-refractivity contribution in [3.05, 3.63) is 34.1 Å². The van der Waals surface area contributed by atoms with Crippen molar-refractivity contribution in [1.29, 1.82) is 0 Å². The Hall–Kier alpha value is -2.03. The number of nitrogens with zero attached hydrogens (tertiary/aromatic N) is 1. The van der Waals surface area contributed by atoms with E-state index in [0.29, 0.717) is 18.9 Å². The number of benzene rings is 1. The first-order chi connectivity index (χ1) is 9.69. The van der Waals surface area contributed by atoms with Crippen LogP contribution in [0.4, 0.5) is 10.1 Å². The molecule has 0 radical (unpaired) electrons. The molecule has 116 valence electrons. The van der Waals surface area contributed by atoms with Crippen molar-refractivity contribution >= 4 is 21.6 Å². The van der Waals surface area contributed by atoms with E-state index >= 15 is 0 Å². The molecule has 0 bridgehead atoms. The minimum Gasteiger partial charge on any atom is -0.274 e. The molecule has 1 amide bonds. The van der Waals surface area contributed by atoms with Gasteiger partial charge in [0.1, 0.15) is 5.82 Å². The highest BCUT2D eigenvalue weighted by Crippen LogP contribution is 2.24. The van der Waals surface area contributed by atoms with Gasteiger partial charge in [0.25, 0.3) is 15.7 Å². The fourth-order valence-corrected chi connectivity index (χ4v) is 2.94. The zero-order chi connectivity index (χ0) is 16.2. The Balaban J connectivity index is 3.15. The van der Waals surface area contributed by atoms with E-state index in [9.17, 15) is 27.7 Å². The summed E-state index contributed by atoms with van der Waals surface area (Å²) in [6.07, 6.45) is 1.16. The van der Waals surface area contributed by atoms with Crippen LogP contribution in [0.5, 0.6) is 0 Å². The van der Waals surface area contributed by atoms with Gasteiger partial charge in [0.2, 0.25) is 5.91 Å². The van der Waals surface area contributed by atoms with Crippen LogP contribution in [0.1, 0.15) is 26.7 Å². The number of carbonyl (C=O) groups is 1. The van der Waals surface area contributed by atoms with Gasteiger partial charge in [-0.15, -0.1) is 0 Å². The molecule has 1 atom stereocenters. The lowest BCUT2D eigenvalue weighted by atomic mass is 10.1. The van der Waals surface area contributed by atoms with Gasteiger partial charge in [0.05, 0.1) is 11.0 Å². The van der Waals surface area contributed by atoms with Gasteiger partial charge in [-0.2, -0.15) is 0 Å². The molecule has 9 heteroatoms. The summed E-state index contributed by atoms with van der Waals surface area (Å²) in [5, 5.41) is 10.8. The lowest BCUT2D eigenvalue weighted by molar-refractivity contribution is -0.388. The maximum absolute atomic E-state index is 13.0. The van der Waals surface area contributed by atoms with Crippen LogP contribution in [0.15, 0.2) is 23.1 Å². The number of sulfonamides is 1. The van der Waals surface area contributed by atoms with E-state index in [0.717, 1.165) is 12.1 Å². The normalized spacial score (nSPS) is 12.7. The second kappa shape index (κ2) is 6.61. The van der Waals surface area contributed by atoms with E-state index in [4.69, 9.17) is 0 Å². The Morgan fingerprint density at radius 3 is 2.62 bits per heavy atom. The van der Waals surface area contributed by atoms with Gasteiger partial charge in [0.15, 0.2) is 4.90 Å². The van der Waals surface area contributed by atoms with Gasteiger partial charge in [-0.05, 0) is 18.6 Å². The fraction of sp³-hybridized carbons (Fsp3) is 0.417. The smallest absolute Gasteiger partial charge is 0.274 e. The van der Waals surface area contributed by atoms with Crippen molar-refractivity contribution in [2.24, 2.45) is 5.92 Å². The first kappa shape index (κ1) is 17.0. The SMILES string of the molecule is CCCC(C)C(=O)NS(=O)(=O)c1ccc(F)cc1[N+](=O)[O-]. The van der Waals surface area contributed by atoms with Crippen LogP contribution in [-0.2, 0) is 14.8 Å². The van der Waals surface area contributed by atoms with E-state index < -0.39 is 43.2 Å². The zero-order valence-corrected chi connectivity index (χ0v) is 12.3. The number of nitro benzene ring substituents is 1. The monoisotopic (exact) mass is 318 g/mol.